The fraction of sp³-hybridized carbons (Fsp3) is 0.647. The van der Waals surface area contributed by atoms with Gasteiger partial charge in [0.05, 0.1) is 5.01 Å². The Morgan fingerprint density at radius 1 is 1.42 bits per heavy atom. The molecule has 24 heavy (non-hydrogen) atoms. The molecule has 0 bridgehead atoms. The lowest BCUT2D eigenvalue weighted by molar-refractivity contribution is 0.259. The Bertz CT molecular complexity index is 563. The molecule has 0 radical (unpaired) electrons. The summed E-state index contributed by atoms with van der Waals surface area (Å²) in [6.07, 6.45) is 9.83. The lowest BCUT2D eigenvalue weighted by atomic mass is 10.2. The van der Waals surface area contributed by atoms with E-state index < -0.39 is 0 Å². The van der Waals surface area contributed by atoms with E-state index in [4.69, 9.17) is 0 Å². The number of likely N-dealkylation sites (tertiary alicyclic amines) is 1. The molecule has 3 rings (SSSR count). The molecule has 2 aliphatic heterocycles. The first-order valence-corrected chi connectivity index (χ1v) is 9.40. The van der Waals surface area contributed by atoms with Gasteiger partial charge in [-0.15, -0.1) is 35.3 Å². The van der Waals surface area contributed by atoms with Crippen molar-refractivity contribution in [3.8, 4) is 0 Å². The standard InChI is InChI=1S/C17H27N5S.HI/c1-3-15-12-20-16(23-15)6-8-19-17(18-2)22-11-7-14(13-22)21-9-4-5-10-21;/h4-5,12,14H,3,6-11,13H2,1-2H3,(H,18,19);1H. The monoisotopic (exact) mass is 461 g/mol. The molecule has 0 spiro atoms. The van der Waals surface area contributed by atoms with Gasteiger partial charge in [-0.2, -0.15) is 0 Å². The van der Waals surface area contributed by atoms with E-state index in [1.165, 1.54) is 16.3 Å². The van der Waals surface area contributed by atoms with Gasteiger partial charge in [-0.25, -0.2) is 4.98 Å². The van der Waals surface area contributed by atoms with Crippen LogP contribution in [0.5, 0.6) is 0 Å². The summed E-state index contributed by atoms with van der Waals surface area (Å²) < 4.78 is 0. The van der Waals surface area contributed by atoms with E-state index in [2.05, 4.69) is 44.2 Å². The Morgan fingerprint density at radius 2 is 2.21 bits per heavy atom. The zero-order valence-corrected chi connectivity index (χ0v) is 17.7. The molecule has 3 heterocycles. The number of halogens is 1. The molecule has 5 nitrogen and oxygen atoms in total. The summed E-state index contributed by atoms with van der Waals surface area (Å²) in [5.41, 5.74) is 0. The van der Waals surface area contributed by atoms with E-state index in [0.29, 0.717) is 6.04 Å². The summed E-state index contributed by atoms with van der Waals surface area (Å²) in [5, 5.41) is 4.72. The molecule has 0 saturated carbocycles. The Hall–Kier alpha value is -0.670. The maximum atomic E-state index is 4.48. The van der Waals surface area contributed by atoms with Gasteiger partial charge in [0.25, 0.3) is 0 Å². The summed E-state index contributed by atoms with van der Waals surface area (Å²) in [6, 6.07) is 0.662. The molecule has 1 fully saturated rings. The van der Waals surface area contributed by atoms with Crippen molar-refractivity contribution in [2.45, 2.75) is 32.2 Å². The second-order valence-corrected chi connectivity index (χ2v) is 7.31. The first-order chi connectivity index (χ1) is 11.3. The van der Waals surface area contributed by atoms with Crippen LogP contribution < -0.4 is 5.32 Å². The van der Waals surface area contributed by atoms with Crippen molar-refractivity contribution >= 4 is 41.3 Å². The second kappa shape index (κ2) is 9.72. The third-order valence-corrected chi connectivity index (χ3v) is 5.81. The third-order valence-electron chi connectivity index (χ3n) is 4.61. The van der Waals surface area contributed by atoms with Crippen molar-refractivity contribution in [1.82, 2.24) is 20.1 Å². The van der Waals surface area contributed by atoms with Gasteiger partial charge in [0.1, 0.15) is 0 Å². The minimum absolute atomic E-state index is 0. The summed E-state index contributed by atoms with van der Waals surface area (Å²) >= 11 is 1.82. The topological polar surface area (TPSA) is 43.8 Å². The van der Waals surface area contributed by atoms with Gasteiger partial charge in [0, 0.05) is 63.3 Å². The number of aryl methyl sites for hydroxylation is 1. The van der Waals surface area contributed by atoms with Crippen LogP contribution in [-0.4, -0.2) is 66.6 Å². The maximum absolute atomic E-state index is 4.48. The molecule has 1 aromatic rings. The maximum Gasteiger partial charge on any atom is 0.193 e. The highest BCUT2D eigenvalue weighted by molar-refractivity contribution is 14.0. The minimum Gasteiger partial charge on any atom is -0.356 e. The van der Waals surface area contributed by atoms with Crippen molar-refractivity contribution in [2.24, 2.45) is 4.99 Å². The van der Waals surface area contributed by atoms with Crippen molar-refractivity contribution in [3.63, 3.8) is 0 Å². The van der Waals surface area contributed by atoms with Crippen LogP contribution >= 0.6 is 35.3 Å². The highest BCUT2D eigenvalue weighted by Gasteiger charge is 2.29. The van der Waals surface area contributed by atoms with Gasteiger partial charge in [0.15, 0.2) is 5.96 Å². The van der Waals surface area contributed by atoms with E-state index in [9.17, 15) is 0 Å². The van der Waals surface area contributed by atoms with E-state index >= 15 is 0 Å². The van der Waals surface area contributed by atoms with Crippen LogP contribution in [0.15, 0.2) is 23.3 Å². The lowest BCUT2D eigenvalue weighted by Gasteiger charge is -2.25. The average molecular weight is 461 g/mol. The Morgan fingerprint density at radius 3 is 2.88 bits per heavy atom. The highest BCUT2D eigenvalue weighted by Crippen LogP contribution is 2.18. The van der Waals surface area contributed by atoms with Gasteiger partial charge in [0.2, 0.25) is 0 Å². The fourth-order valence-corrected chi connectivity index (χ4v) is 4.13. The van der Waals surface area contributed by atoms with Crippen molar-refractivity contribution in [3.05, 3.63) is 28.2 Å². The molecule has 1 unspecified atom stereocenters. The van der Waals surface area contributed by atoms with Crippen LogP contribution in [-0.2, 0) is 12.8 Å². The molecular formula is C17H28IN5S. The van der Waals surface area contributed by atoms with Crippen LogP contribution in [0.1, 0.15) is 23.2 Å². The first-order valence-electron chi connectivity index (χ1n) is 8.58. The average Bonchev–Trinajstić information content (AvgIpc) is 3.32. The number of aliphatic imine (C=N–C) groups is 1. The van der Waals surface area contributed by atoms with E-state index in [1.807, 2.05) is 24.6 Å². The fourth-order valence-electron chi connectivity index (χ4n) is 3.27. The highest BCUT2D eigenvalue weighted by atomic mass is 127. The predicted molar refractivity (Wildman–Crippen MR) is 113 cm³/mol. The number of nitrogens with one attached hydrogen (secondary N) is 1. The molecule has 2 aliphatic rings. The number of hydrogen-bond donors (Lipinski definition) is 1. The molecule has 0 aromatic carbocycles. The van der Waals surface area contributed by atoms with E-state index in [-0.39, 0.29) is 24.0 Å². The van der Waals surface area contributed by atoms with Gasteiger partial charge >= 0.3 is 0 Å². The summed E-state index contributed by atoms with van der Waals surface area (Å²) in [6.45, 7) is 7.46. The Labute approximate surface area is 166 Å². The van der Waals surface area contributed by atoms with Crippen molar-refractivity contribution in [1.29, 1.82) is 0 Å². The number of hydrogen-bond acceptors (Lipinski definition) is 4. The number of nitrogens with zero attached hydrogens (tertiary/aromatic N) is 4. The summed E-state index contributed by atoms with van der Waals surface area (Å²) in [7, 11) is 1.88. The number of thiazole rings is 1. The van der Waals surface area contributed by atoms with E-state index in [0.717, 1.165) is 51.5 Å². The van der Waals surface area contributed by atoms with Gasteiger partial charge in [-0.1, -0.05) is 19.1 Å². The van der Waals surface area contributed by atoms with E-state index in [1.54, 1.807) is 0 Å². The normalized spacial score (nSPS) is 21.3. The first kappa shape index (κ1) is 19.7. The lowest BCUT2D eigenvalue weighted by Crippen LogP contribution is -2.43. The molecular weight excluding hydrogens is 433 g/mol. The zero-order chi connectivity index (χ0) is 16.1. The third kappa shape index (κ3) is 4.92. The van der Waals surface area contributed by atoms with Gasteiger partial charge < -0.3 is 10.2 Å². The molecule has 1 atom stereocenters. The molecule has 1 saturated heterocycles. The largest absolute Gasteiger partial charge is 0.356 e. The molecule has 1 aromatic heterocycles. The van der Waals surface area contributed by atoms with Crippen LogP contribution in [0.3, 0.4) is 0 Å². The smallest absolute Gasteiger partial charge is 0.193 e. The molecule has 134 valence electrons. The minimum atomic E-state index is 0. The van der Waals surface area contributed by atoms with Crippen LogP contribution in [0.25, 0.3) is 0 Å². The quantitative estimate of drug-likeness (QED) is 0.317. The van der Waals surface area contributed by atoms with Crippen LogP contribution in [0.4, 0.5) is 0 Å². The molecule has 7 heteroatoms. The van der Waals surface area contributed by atoms with Crippen molar-refractivity contribution < 1.29 is 0 Å². The predicted octanol–water partition coefficient (Wildman–Crippen LogP) is 2.39. The van der Waals surface area contributed by atoms with Gasteiger partial charge in [-0.05, 0) is 12.8 Å². The zero-order valence-electron chi connectivity index (χ0n) is 14.6. The molecule has 0 amide bonds. The van der Waals surface area contributed by atoms with Crippen molar-refractivity contribution in [2.75, 3.05) is 39.8 Å². The number of rotatable bonds is 5. The summed E-state index contributed by atoms with van der Waals surface area (Å²) in [5.74, 6) is 1.03. The SMILES string of the molecule is CCc1cnc(CCNC(=NC)N2CCC(N3CC=CC3)C2)s1.I. The number of aromatic nitrogens is 1. The van der Waals surface area contributed by atoms with Crippen LogP contribution in [0.2, 0.25) is 0 Å². The number of guanidine groups is 1. The Balaban J connectivity index is 0.00000208. The summed E-state index contributed by atoms with van der Waals surface area (Å²) in [4.78, 5) is 15.3. The molecule has 1 N–H and O–H groups in total. The molecule has 0 aliphatic carbocycles. The second-order valence-electron chi connectivity index (χ2n) is 6.11. The Kier molecular flexibility index (Phi) is 7.96. The van der Waals surface area contributed by atoms with Crippen LogP contribution in [0, 0.1) is 0 Å². The van der Waals surface area contributed by atoms with Gasteiger partial charge in [-0.3, -0.25) is 9.89 Å².